The number of rotatable bonds is 0. The summed E-state index contributed by atoms with van der Waals surface area (Å²) in [5.74, 6) is 0.402. The quantitative estimate of drug-likeness (QED) is 0.784. The molecule has 1 amide bonds. The largest absolute Gasteiger partial charge is 0.452 e. The Hall–Kier alpha value is -1.26. The average molecular weight is 269 g/mol. The molecule has 2 atom stereocenters. The van der Waals surface area contributed by atoms with Crippen LogP contribution in [0.5, 0.6) is 0 Å². The van der Waals surface area contributed by atoms with E-state index in [1.165, 1.54) is 12.7 Å². The minimum atomic E-state index is -0.244. The fourth-order valence-corrected chi connectivity index (χ4v) is 3.00. The molecule has 0 bridgehead atoms. The molecule has 2 heterocycles. The van der Waals surface area contributed by atoms with Crippen LogP contribution in [-0.2, 0) is 4.74 Å². The number of methoxy groups -OCH3 is 1. The predicted molar refractivity (Wildman–Crippen MR) is 72.6 cm³/mol. The minimum absolute atomic E-state index is 0. The van der Waals surface area contributed by atoms with Gasteiger partial charge in [-0.05, 0) is 24.6 Å². The van der Waals surface area contributed by atoms with Crippen molar-refractivity contribution in [3.8, 4) is 0 Å². The van der Waals surface area contributed by atoms with E-state index in [1.807, 2.05) is 23.1 Å². The monoisotopic (exact) mass is 268 g/mol. The van der Waals surface area contributed by atoms with Crippen LogP contribution in [0.2, 0.25) is 0 Å². The third-order valence-electron chi connectivity index (χ3n) is 3.74. The van der Waals surface area contributed by atoms with Crippen LogP contribution in [0.15, 0.2) is 24.3 Å². The summed E-state index contributed by atoms with van der Waals surface area (Å²) in [7, 11) is 1.44. The molecule has 98 valence electrons. The average Bonchev–Trinajstić information content (AvgIpc) is 2.72. The maximum Gasteiger partial charge on any atom is 0.414 e. The first-order chi connectivity index (χ1) is 8.33. The van der Waals surface area contributed by atoms with Crippen molar-refractivity contribution < 1.29 is 9.53 Å². The lowest BCUT2D eigenvalue weighted by Gasteiger charge is -2.31. The summed E-state index contributed by atoms with van der Waals surface area (Å²) in [5.41, 5.74) is 2.27. The molecule has 0 spiro atoms. The van der Waals surface area contributed by atoms with Crippen LogP contribution >= 0.6 is 12.4 Å². The second-order valence-electron chi connectivity index (χ2n) is 4.57. The van der Waals surface area contributed by atoms with E-state index in [2.05, 4.69) is 11.4 Å². The smallest absolute Gasteiger partial charge is 0.414 e. The zero-order valence-corrected chi connectivity index (χ0v) is 11.1. The summed E-state index contributed by atoms with van der Waals surface area (Å²) in [4.78, 5) is 13.7. The number of anilines is 1. The molecule has 2 aliphatic rings. The highest BCUT2D eigenvalue weighted by atomic mass is 35.5. The van der Waals surface area contributed by atoms with Gasteiger partial charge in [0.2, 0.25) is 0 Å². The molecule has 1 N–H and O–H groups in total. The number of para-hydroxylation sites is 1. The van der Waals surface area contributed by atoms with Gasteiger partial charge in [-0.1, -0.05) is 18.2 Å². The SMILES string of the molecule is COC(=O)N1c2ccccc2[C@@H]2CNCC[C@H]21.Cl. The maximum atomic E-state index is 11.9. The molecule has 0 radical (unpaired) electrons. The van der Waals surface area contributed by atoms with Crippen molar-refractivity contribution in [2.45, 2.75) is 18.4 Å². The molecule has 0 aromatic heterocycles. The first-order valence-corrected chi connectivity index (χ1v) is 5.99. The highest BCUT2D eigenvalue weighted by Crippen LogP contribution is 2.43. The van der Waals surface area contributed by atoms with Gasteiger partial charge in [0.1, 0.15) is 0 Å². The van der Waals surface area contributed by atoms with Crippen LogP contribution < -0.4 is 10.2 Å². The molecule has 2 aliphatic heterocycles. The number of carbonyl (C=O) groups is 1. The van der Waals surface area contributed by atoms with Crippen molar-refractivity contribution in [1.82, 2.24) is 5.32 Å². The normalized spacial score (nSPS) is 24.8. The topological polar surface area (TPSA) is 41.6 Å². The van der Waals surface area contributed by atoms with Crippen LogP contribution in [0.25, 0.3) is 0 Å². The van der Waals surface area contributed by atoms with E-state index in [4.69, 9.17) is 4.74 Å². The van der Waals surface area contributed by atoms with Gasteiger partial charge in [-0.15, -0.1) is 12.4 Å². The van der Waals surface area contributed by atoms with Crippen molar-refractivity contribution in [2.24, 2.45) is 0 Å². The van der Waals surface area contributed by atoms with Gasteiger partial charge in [0.05, 0.1) is 12.8 Å². The van der Waals surface area contributed by atoms with E-state index in [1.54, 1.807) is 0 Å². The van der Waals surface area contributed by atoms with Crippen molar-refractivity contribution in [1.29, 1.82) is 0 Å². The van der Waals surface area contributed by atoms with E-state index in [9.17, 15) is 4.79 Å². The summed E-state index contributed by atoms with van der Waals surface area (Å²) in [6.07, 6.45) is 0.737. The van der Waals surface area contributed by atoms with E-state index in [0.29, 0.717) is 5.92 Å². The molecule has 1 fully saturated rings. The van der Waals surface area contributed by atoms with Crippen molar-refractivity contribution in [3.05, 3.63) is 29.8 Å². The number of hydrogen-bond donors (Lipinski definition) is 1. The second kappa shape index (κ2) is 5.16. The number of hydrogen-bond acceptors (Lipinski definition) is 3. The van der Waals surface area contributed by atoms with E-state index in [-0.39, 0.29) is 24.5 Å². The lowest BCUT2D eigenvalue weighted by Crippen LogP contribution is -2.46. The molecular weight excluding hydrogens is 252 g/mol. The standard InChI is InChI=1S/C13H16N2O2.ClH/c1-17-13(16)15-11-5-3-2-4-9(11)10-8-14-7-6-12(10)15;/h2-5,10,12,14H,6-8H2,1H3;1H/t10-,12+;/m0./s1. The molecular formula is C13H17ClN2O2. The van der Waals surface area contributed by atoms with Crippen LogP contribution in [-0.4, -0.2) is 32.3 Å². The van der Waals surface area contributed by atoms with Crippen molar-refractivity contribution >= 4 is 24.2 Å². The number of piperidine rings is 1. The highest BCUT2D eigenvalue weighted by Gasteiger charge is 2.42. The van der Waals surface area contributed by atoms with Gasteiger partial charge < -0.3 is 10.1 Å². The number of nitrogens with one attached hydrogen (secondary N) is 1. The Morgan fingerprint density at radius 2 is 2.22 bits per heavy atom. The van der Waals surface area contributed by atoms with Gasteiger partial charge in [0.25, 0.3) is 0 Å². The molecule has 0 aliphatic carbocycles. The molecule has 1 aromatic carbocycles. The first kappa shape index (κ1) is 13.2. The number of halogens is 1. The van der Waals surface area contributed by atoms with Crippen LogP contribution in [0, 0.1) is 0 Å². The Bertz CT molecular complexity index is 452. The zero-order valence-electron chi connectivity index (χ0n) is 10.3. The summed E-state index contributed by atoms with van der Waals surface area (Å²) < 4.78 is 4.91. The van der Waals surface area contributed by atoms with Gasteiger partial charge in [0.15, 0.2) is 0 Å². The lowest BCUT2D eigenvalue weighted by molar-refractivity contribution is 0.174. The Labute approximate surface area is 113 Å². The van der Waals surface area contributed by atoms with Gasteiger partial charge >= 0.3 is 6.09 Å². The van der Waals surface area contributed by atoms with Crippen molar-refractivity contribution in [3.63, 3.8) is 0 Å². The van der Waals surface area contributed by atoms with Crippen LogP contribution in [0.4, 0.5) is 10.5 Å². The molecule has 1 saturated heterocycles. The minimum Gasteiger partial charge on any atom is -0.452 e. The Morgan fingerprint density at radius 3 is 3.00 bits per heavy atom. The second-order valence-corrected chi connectivity index (χ2v) is 4.57. The van der Waals surface area contributed by atoms with Gasteiger partial charge in [-0.2, -0.15) is 0 Å². The van der Waals surface area contributed by atoms with E-state index in [0.717, 1.165) is 25.2 Å². The number of nitrogens with zero attached hydrogens (tertiary/aromatic N) is 1. The van der Waals surface area contributed by atoms with Crippen molar-refractivity contribution in [2.75, 3.05) is 25.1 Å². The Morgan fingerprint density at radius 1 is 1.44 bits per heavy atom. The number of carbonyl (C=O) groups excluding carboxylic acids is 1. The summed E-state index contributed by atoms with van der Waals surface area (Å²) in [6.45, 7) is 1.90. The maximum absolute atomic E-state index is 11.9. The fraction of sp³-hybridized carbons (Fsp3) is 0.462. The highest BCUT2D eigenvalue weighted by molar-refractivity contribution is 5.91. The molecule has 5 heteroatoms. The number of benzene rings is 1. The molecule has 0 unspecified atom stereocenters. The Balaban J connectivity index is 0.00000120. The third-order valence-corrected chi connectivity index (χ3v) is 3.74. The van der Waals surface area contributed by atoms with Gasteiger partial charge in [-0.3, -0.25) is 4.90 Å². The van der Waals surface area contributed by atoms with Crippen LogP contribution in [0.1, 0.15) is 17.9 Å². The third kappa shape index (κ3) is 1.85. The number of fused-ring (bicyclic) bond motifs is 3. The predicted octanol–water partition coefficient (Wildman–Crippen LogP) is 2.14. The molecule has 0 saturated carbocycles. The van der Waals surface area contributed by atoms with E-state index >= 15 is 0 Å². The van der Waals surface area contributed by atoms with Gasteiger partial charge in [-0.25, -0.2) is 4.79 Å². The van der Waals surface area contributed by atoms with Crippen LogP contribution in [0.3, 0.4) is 0 Å². The number of ether oxygens (including phenoxy) is 1. The Kier molecular flexibility index (Phi) is 3.78. The first-order valence-electron chi connectivity index (χ1n) is 5.99. The van der Waals surface area contributed by atoms with Gasteiger partial charge in [0, 0.05) is 18.5 Å². The lowest BCUT2D eigenvalue weighted by atomic mass is 9.90. The molecule has 18 heavy (non-hydrogen) atoms. The molecule has 4 nitrogen and oxygen atoms in total. The fourth-order valence-electron chi connectivity index (χ4n) is 3.00. The zero-order chi connectivity index (χ0) is 11.8. The van der Waals surface area contributed by atoms with E-state index < -0.39 is 0 Å². The summed E-state index contributed by atoms with van der Waals surface area (Å²) in [5, 5.41) is 3.40. The summed E-state index contributed by atoms with van der Waals surface area (Å²) >= 11 is 0. The number of amides is 1. The molecule has 3 rings (SSSR count). The molecule has 1 aromatic rings. The summed E-state index contributed by atoms with van der Waals surface area (Å²) in [6, 6.07) is 8.37.